The van der Waals surface area contributed by atoms with Crippen LogP contribution in [0.2, 0.25) is 0 Å². The highest BCUT2D eigenvalue weighted by Crippen LogP contribution is 2.42. The molecule has 7 heteroatoms. The van der Waals surface area contributed by atoms with Crippen LogP contribution in [0.4, 0.5) is 5.69 Å². The van der Waals surface area contributed by atoms with Crippen LogP contribution in [0.5, 0.6) is 5.75 Å². The van der Waals surface area contributed by atoms with Gasteiger partial charge in [-0.25, -0.2) is 0 Å². The number of pyridine rings is 1. The molecule has 2 atom stereocenters. The number of hydrogen-bond donors (Lipinski definition) is 1. The van der Waals surface area contributed by atoms with Crippen LogP contribution in [0.15, 0.2) is 95.7 Å². The molecule has 2 aromatic carbocycles. The second-order valence-corrected chi connectivity index (χ2v) is 10.6. The van der Waals surface area contributed by atoms with Gasteiger partial charge in [0, 0.05) is 33.9 Å². The molecule has 1 saturated heterocycles. The summed E-state index contributed by atoms with van der Waals surface area (Å²) in [6, 6.07) is 26.8. The van der Waals surface area contributed by atoms with Crippen molar-refractivity contribution < 1.29 is 4.74 Å². The number of thiocarbonyl (C=S) groups is 1. The molecule has 1 aliphatic heterocycles. The average molecular weight is 560 g/mol. The van der Waals surface area contributed by atoms with Crippen LogP contribution in [0.25, 0.3) is 5.69 Å². The van der Waals surface area contributed by atoms with E-state index < -0.39 is 0 Å². The van der Waals surface area contributed by atoms with Crippen LogP contribution in [0.1, 0.15) is 49.2 Å². The molecule has 182 valence electrons. The minimum atomic E-state index is -0.0998. The average Bonchev–Trinajstić information content (AvgIpc) is 3.66. The van der Waals surface area contributed by atoms with E-state index in [1.54, 1.807) is 0 Å². The molecule has 1 saturated carbocycles. The lowest BCUT2D eigenvalue weighted by Gasteiger charge is -2.29. The van der Waals surface area contributed by atoms with E-state index in [0.717, 1.165) is 45.8 Å². The SMILES string of the molecule is S=C1N[C@H](c2ccccn2)[C@H](c2cccn2-c2ccc(Br)cc2)N1c1ccc(OC2CCCC2)cc1. The molecule has 5 nitrogen and oxygen atoms in total. The molecule has 3 heterocycles. The van der Waals surface area contributed by atoms with Crippen molar-refractivity contribution in [3.8, 4) is 11.4 Å². The number of hydrogen-bond acceptors (Lipinski definition) is 3. The van der Waals surface area contributed by atoms with E-state index >= 15 is 0 Å². The molecule has 2 aliphatic rings. The fourth-order valence-electron chi connectivity index (χ4n) is 5.29. The van der Waals surface area contributed by atoms with Crippen molar-refractivity contribution >= 4 is 38.9 Å². The van der Waals surface area contributed by atoms with Crippen molar-refractivity contribution in [2.45, 2.75) is 43.9 Å². The molecule has 1 aliphatic carbocycles. The summed E-state index contributed by atoms with van der Waals surface area (Å²) in [6.07, 6.45) is 9.07. The second kappa shape index (κ2) is 10.1. The predicted molar refractivity (Wildman–Crippen MR) is 151 cm³/mol. The van der Waals surface area contributed by atoms with E-state index in [4.69, 9.17) is 17.0 Å². The topological polar surface area (TPSA) is 42.3 Å². The Kier molecular flexibility index (Phi) is 6.50. The van der Waals surface area contributed by atoms with Gasteiger partial charge in [0.15, 0.2) is 5.11 Å². The number of anilines is 1. The number of nitrogens with zero attached hydrogens (tertiary/aromatic N) is 3. The van der Waals surface area contributed by atoms with E-state index in [1.807, 2.05) is 18.3 Å². The first-order chi connectivity index (χ1) is 17.7. The predicted octanol–water partition coefficient (Wildman–Crippen LogP) is 7.13. The Morgan fingerprint density at radius 2 is 1.64 bits per heavy atom. The first kappa shape index (κ1) is 23.3. The smallest absolute Gasteiger partial charge is 0.174 e. The normalized spacial score (nSPS) is 20.0. The van der Waals surface area contributed by atoms with E-state index in [9.17, 15) is 0 Å². The van der Waals surface area contributed by atoms with Crippen LogP contribution in [-0.4, -0.2) is 20.8 Å². The van der Waals surface area contributed by atoms with Gasteiger partial charge in [0.1, 0.15) is 11.8 Å². The molecule has 0 unspecified atom stereocenters. The highest BCUT2D eigenvalue weighted by molar-refractivity contribution is 9.10. The fourth-order valence-corrected chi connectivity index (χ4v) is 5.90. The van der Waals surface area contributed by atoms with Crippen molar-refractivity contribution in [3.05, 3.63) is 107 Å². The van der Waals surface area contributed by atoms with E-state index in [1.165, 1.54) is 12.8 Å². The summed E-state index contributed by atoms with van der Waals surface area (Å²) in [5.41, 5.74) is 4.21. The Morgan fingerprint density at radius 1 is 0.889 bits per heavy atom. The van der Waals surface area contributed by atoms with Gasteiger partial charge in [-0.2, -0.15) is 0 Å². The number of ether oxygens (including phenoxy) is 1. The Hall–Kier alpha value is -3.16. The van der Waals surface area contributed by atoms with Gasteiger partial charge in [-0.15, -0.1) is 0 Å². The summed E-state index contributed by atoms with van der Waals surface area (Å²) in [5, 5.41) is 4.24. The summed E-state index contributed by atoms with van der Waals surface area (Å²) in [4.78, 5) is 6.89. The van der Waals surface area contributed by atoms with Crippen LogP contribution in [0.3, 0.4) is 0 Å². The van der Waals surface area contributed by atoms with Crippen molar-refractivity contribution in [1.82, 2.24) is 14.9 Å². The molecular formula is C29H27BrN4OS. The zero-order valence-electron chi connectivity index (χ0n) is 19.8. The maximum Gasteiger partial charge on any atom is 0.174 e. The third kappa shape index (κ3) is 4.53. The maximum atomic E-state index is 6.21. The number of rotatable bonds is 6. The van der Waals surface area contributed by atoms with Gasteiger partial charge in [-0.1, -0.05) is 22.0 Å². The molecule has 0 spiro atoms. The van der Waals surface area contributed by atoms with Crippen LogP contribution < -0.4 is 15.0 Å². The summed E-state index contributed by atoms with van der Waals surface area (Å²) in [7, 11) is 0. The van der Waals surface area contributed by atoms with Crippen molar-refractivity contribution in [3.63, 3.8) is 0 Å². The Labute approximate surface area is 225 Å². The van der Waals surface area contributed by atoms with Crippen molar-refractivity contribution in [2.24, 2.45) is 0 Å². The summed E-state index contributed by atoms with van der Waals surface area (Å²) in [5.74, 6) is 0.916. The highest BCUT2D eigenvalue weighted by atomic mass is 79.9. The van der Waals surface area contributed by atoms with Crippen molar-refractivity contribution in [2.75, 3.05) is 4.90 Å². The summed E-state index contributed by atoms with van der Waals surface area (Å²) < 4.78 is 9.49. The van der Waals surface area contributed by atoms with E-state index in [0.29, 0.717) is 11.2 Å². The van der Waals surface area contributed by atoms with Crippen LogP contribution in [-0.2, 0) is 0 Å². The standard InChI is InChI=1S/C29H27BrN4OS/c30-20-10-12-21(13-11-20)33-19-5-9-26(33)28-27(25-8-3-4-18-31-25)32-29(36)34(28)22-14-16-24(17-15-22)35-23-6-1-2-7-23/h3-5,8-19,23,27-28H,1-2,6-7H2,(H,32,36)/t27-,28+/m1/s1. The Bertz CT molecular complexity index is 1330. The van der Waals surface area contributed by atoms with Gasteiger partial charge in [0.2, 0.25) is 0 Å². The van der Waals surface area contributed by atoms with E-state index in [-0.39, 0.29) is 12.1 Å². The molecule has 0 bridgehead atoms. The lowest BCUT2D eigenvalue weighted by molar-refractivity contribution is 0.210. The first-order valence-corrected chi connectivity index (χ1v) is 13.6. The molecule has 36 heavy (non-hydrogen) atoms. The molecule has 2 aromatic heterocycles. The van der Waals surface area contributed by atoms with Gasteiger partial charge < -0.3 is 19.5 Å². The number of benzene rings is 2. The largest absolute Gasteiger partial charge is 0.490 e. The van der Waals surface area contributed by atoms with Gasteiger partial charge in [-0.05, 0) is 111 Å². The molecule has 6 rings (SSSR count). The van der Waals surface area contributed by atoms with Gasteiger partial charge in [0.25, 0.3) is 0 Å². The molecule has 2 fully saturated rings. The van der Waals surface area contributed by atoms with Crippen LogP contribution >= 0.6 is 28.1 Å². The summed E-state index contributed by atoms with van der Waals surface area (Å²) in [6.45, 7) is 0. The Balaban J connectivity index is 1.39. The fraction of sp³-hybridized carbons (Fsp3) is 0.241. The monoisotopic (exact) mass is 558 g/mol. The zero-order chi connectivity index (χ0) is 24.5. The maximum absolute atomic E-state index is 6.21. The number of halogens is 1. The third-order valence-corrected chi connectivity index (χ3v) is 7.85. The van der Waals surface area contributed by atoms with Gasteiger partial charge in [-0.3, -0.25) is 4.98 Å². The summed E-state index contributed by atoms with van der Waals surface area (Å²) >= 11 is 9.47. The minimum absolute atomic E-state index is 0.0901. The lowest BCUT2D eigenvalue weighted by Crippen LogP contribution is -2.30. The van der Waals surface area contributed by atoms with Gasteiger partial charge in [0.05, 0.1) is 17.8 Å². The molecule has 0 radical (unpaired) electrons. The quantitative estimate of drug-likeness (QED) is 0.255. The number of nitrogens with one attached hydrogen (secondary N) is 1. The first-order valence-electron chi connectivity index (χ1n) is 12.4. The zero-order valence-corrected chi connectivity index (χ0v) is 22.2. The van der Waals surface area contributed by atoms with Crippen molar-refractivity contribution in [1.29, 1.82) is 0 Å². The molecule has 0 amide bonds. The van der Waals surface area contributed by atoms with E-state index in [2.05, 4.69) is 109 Å². The van der Waals surface area contributed by atoms with Gasteiger partial charge >= 0.3 is 0 Å². The molecule has 1 N–H and O–H groups in total. The molecular weight excluding hydrogens is 532 g/mol. The number of aromatic nitrogens is 2. The minimum Gasteiger partial charge on any atom is -0.490 e. The van der Waals surface area contributed by atoms with Crippen LogP contribution in [0, 0.1) is 0 Å². The Morgan fingerprint density at radius 3 is 2.36 bits per heavy atom. The lowest BCUT2D eigenvalue weighted by atomic mass is 10.0. The second-order valence-electron chi connectivity index (χ2n) is 9.29. The highest BCUT2D eigenvalue weighted by Gasteiger charge is 2.42. The third-order valence-electron chi connectivity index (χ3n) is 7.01. The molecule has 4 aromatic rings.